The van der Waals surface area contributed by atoms with Gasteiger partial charge in [0.1, 0.15) is 5.75 Å². The van der Waals surface area contributed by atoms with E-state index in [0.29, 0.717) is 30.1 Å². The molecule has 1 aromatic carbocycles. The minimum Gasteiger partial charge on any atom is -0.493 e. The molecular weight excluding hydrogens is 327 g/mol. The maximum absolute atomic E-state index is 5.90. The number of rotatable bonds is 8. The number of halogens is 2. The number of anilines is 1. The van der Waals surface area contributed by atoms with Gasteiger partial charge in [0.15, 0.2) is 0 Å². The van der Waals surface area contributed by atoms with Crippen LogP contribution in [0.15, 0.2) is 28.7 Å². The Labute approximate surface area is 141 Å². The normalized spacial score (nSPS) is 10.1. The highest BCUT2D eigenvalue weighted by Gasteiger charge is 2.09. The molecule has 8 heteroatoms. The molecule has 0 amide bonds. The van der Waals surface area contributed by atoms with E-state index in [1.54, 1.807) is 6.07 Å². The highest BCUT2D eigenvalue weighted by molar-refractivity contribution is 6.30. The van der Waals surface area contributed by atoms with Crippen LogP contribution in [0.1, 0.15) is 12.3 Å². The van der Waals surface area contributed by atoms with Crippen LogP contribution in [0.2, 0.25) is 5.02 Å². The average Bonchev–Trinajstić information content (AvgIpc) is 2.93. The molecule has 0 bridgehead atoms. The largest absolute Gasteiger partial charge is 0.493 e. The number of nitrogens with one attached hydrogen (secondary N) is 1. The van der Waals surface area contributed by atoms with Gasteiger partial charge in [0.05, 0.1) is 13.2 Å². The topological polar surface area (TPSA) is 63.4 Å². The summed E-state index contributed by atoms with van der Waals surface area (Å²) in [6.07, 6.45) is 0.840. The Hall–Kier alpha value is -1.50. The van der Waals surface area contributed by atoms with Crippen LogP contribution in [-0.4, -0.2) is 37.4 Å². The fourth-order valence-corrected chi connectivity index (χ4v) is 1.95. The first-order valence-electron chi connectivity index (χ1n) is 6.75. The second-order valence-electron chi connectivity index (χ2n) is 4.59. The van der Waals surface area contributed by atoms with E-state index in [1.807, 2.05) is 37.2 Å². The Balaban J connectivity index is 0.00000242. The number of nitrogens with zero attached hydrogens (tertiary/aromatic N) is 3. The molecule has 0 saturated heterocycles. The summed E-state index contributed by atoms with van der Waals surface area (Å²) in [5, 5.41) is 11.6. The van der Waals surface area contributed by atoms with Gasteiger partial charge in [-0.15, -0.1) is 17.5 Å². The molecule has 1 heterocycles. The summed E-state index contributed by atoms with van der Waals surface area (Å²) in [6.45, 7) is 1.93. The molecule has 0 aliphatic heterocycles. The molecule has 1 N–H and O–H groups in total. The summed E-state index contributed by atoms with van der Waals surface area (Å²) in [6, 6.07) is 7.89. The van der Waals surface area contributed by atoms with Crippen LogP contribution >= 0.6 is 24.0 Å². The van der Waals surface area contributed by atoms with Gasteiger partial charge < -0.3 is 19.4 Å². The maximum Gasteiger partial charge on any atom is 0.317 e. The monoisotopic (exact) mass is 346 g/mol. The number of aromatic nitrogens is 2. The number of hydrogen-bond donors (Lipinski definition) is 1. The zero-order valence-electron chi connectivity index (χ0n) is 12.6. The Kier molecular flexibility index (Phi) is 8.01. The van der Waals surface area contributed by atoms with E-state index >= 15 is 0 Å². The van der Waals surface area contributed by atoms with Gasteiger partial charge >= 0.3 is 6.01 Å². The minimum absolute atomic E-state index is 0. The lowest BCUT2D eigenvalue weighted by Gasteiger charge is -2.14. The van der Waals surface area contributed by atoms with Crippen LogP contribution in [0, 0.1) is 0 Å². The second kappa shape index (κ2) is 9.50. The van der Waals surface area contributed by atoms with E-state index in [1.165, 1.54) is 0 Å². The summed E-state index contributed by atoms with van der Waals surface area (Å²) < 4.78 is 11.1. The van der Waals surface area contributed by atoms with E-state index < -0.39 is 0 Å². The van der Waals surface area contributed by atoms with Crippen LogP contribution in [0.4, 0.5) is 6.01 Å². The molecule has 0 saturated carbocycles. The molecule has 0 spiro atoms. The van der Waals surface area contributed by atoms with Crippen molar-refractivity contribution in [1.82, 2.24) is 15.5 Å². The average molecular weight is 347 g/mol. The molecule has 0 fully saturated rings. The van der Waals surface area contributed by atoms with Crippen LogP contribution in [0.3, 0.4) is 0 Å². The first-order chi connectivity index (χ1) is 10.2. The molecule has 22 heavy (non-hydrogen) atoms. The van der Waals surface area contributed by atoms with Gasteiger partial charge in [-0.05, 0) is 31.7 Å². The SMILES string of the molecule is CNCc1nnc(N(C)CCCOc2cccc(Cl)c2)o1.Cl. The minimum atomic E-state index is 0. The van der Waals surface area contributed by atoms with Crippen LogP contribution in [0.5, 0.6) is 5.75 Å². The Bertz CT molecular complexity index is 565. The third-order valence-corrected chi connectivity index (χ3v) is 3.05. The lowest BCUT2D eigenvalue weighted by atomic mass is 10.3. The van der Waals surface area contributed by atoms with E-state index in [4.69, 9.17) is 20.8 Å². The van der Waals surface area contributed by atoms with Gasteiger partial charge in [0, 0.05) is 18.6 Å². The third-order valence-electron chi connectivity index (χ3n) is 2.81. The highest BCUT2D eigenvalue weighted by Crippen LogP contribution is 2.17. The quantitative estimate of drug-likeness (QED) is 0.741. The highest BCUT2D eigenvalue weighted by atomic mass is 35.5. The zero-order valence-corrected chi connectivity index (χ0v) is 14.2. The summed E-state index contributed by atoms with van der Waals surface area (Å²) in [5.74, 6) is 1.36. The second-order valence-corrected chi connectivity index (χ2v) is 5.03. The summed E-state index contributed by atoms with van der Waals surface area (Å²) in [5.41, 5.74) is 0. The van der Waals surface area contributed by atoms with Crippen molar-refractivity contribution >= 4 is 30.0 Å². The van der Waals surface area contributed by atoms with Gasteiger partial charge in [-0.25, -0.2) is 0 Å². The van der Waals surface area contributed by atoms with E-state index in [-0.39, 0.29) is 12.4 Å². The maximum atomic E-state index is 5.90. The van der Waals surface area contributed by atoms with Crippen molar-refractivity contribution in [2.75, 3.05) is 32.1 Å². The molecule has 0 radical (unpaired) electrons. The molecule has 0 aliphatic rings. The predicted octanol–water partition coefficient (Wildman–Crippen LogP) is 2.77. The molecule has 1 aromatic heterocycles. The fourth-order valence-electron chi connectivity index (χ4n) is 1.77. The summed E-state index contributed by atoms with van der Waals surface area (Å²) >= 11 is 5.90. The van der Waals surface area contributed by atoms with Gasteiger partial charge in [0.25, 0.3) is 0 Å². The molecule has 122 valence electrons. The summed E-state index contributed by atoms with van der Waals surface area (Å²) in [7, 11) is 3.75. The Morgan fingerprint density at radius 3 is 2.91 bits per heavy atom. The molecule has 0 atom stereocenters. The number of benzene rings is 1. The smallest absolute Gasteiger partial charge is 0.317 e. The molecule has 6 nitrogen and oxygen atoms in total. The van der Waals surface area contributed by atoms with Crippen molar-refractivity contribution in [2.24, 2.45) is 0 Å². The van der Waals surface area contributed by atoms with Crippen LogP contribution in [-0.2, 0) is 6.54 Å². The lowest BCUT2D eigenvalue weighted by Crippen LogP contribution is -2.20. The molecular formula is C14H20Cl2N4O2. The van der Waals surface area contributed by atoms with Gasteiger partial charge in [0.2, 0.25) is 5.89 Å². The zero-order chi connectivity index (χ0) is 15.1. The lowest BCUT2D eigenvalue weighted by molar-refractivity contribution is 0.311. The van der Waals surface area contributed by atoms with Gasteiger partial charge in [-0.2, -0.15) is 0 Å². The molecule has 2 rings (SSSR count). The Morgan fingerprint density at radius 2 is 2.18 bits per heavy atom. The van der Waals surface area contributed by atoms with Crippen LogP contribution < -0.4 is 15.0 Å². The van der Waals surface area contributed by atoms with Crippen molar-refractivity contribution in [3.63, 3.8) is 0 Å². The van der Waals surface area contributed by atoms with Gasteiger partial charge in [-0.3, -0.25) is 0 Å². The Morgan fingerprint density at radius 1 is 1.36 bits per heavy atom. The van der Waals surface area contributed by atoms with Crippen molar-refractivity contribution in [3.05, 3.63) is 35.2 Å². The summed E-state index contributed by atoms with van der Waals surface area (Å²) in [4.78, 5) is 1.91. The number of hydrogen-bond acceptors (Lipinski definition) is 6. The van der Waals surface area contributed by atoms with Crippen molar-refractivity contribution in [2.45, 2.75) is 13.0 Å². The van der Waals surface area contributed by atoms with E-state index in [2.05, 4.69) is 15.5 Å². The fraction of sp³-hybridized carbons (Fsp3) is 0.429. The van der Waals surface area contributed by atoms with E-state index in [0.717, 1.165) is 18.7 Å². The molecule has 0 unspecified atom stereocenters. The molecule has 0 aliphatic carbocycles. The third kappa shape index (κ3) is 5.71. The van der Waals surface area contributed by atoms with Crippen LogP contribution in [0.25, 0.3) is 0 Å². The van der Waals surface area contributed by atoms with Crippen molar-refractivity contribution in [3.8, 4) is 5.75 Å². The van der Waals surface area contributed by atoms with Crippen molar-refractivity contribution < 1.29 is 9.15 Å². The predicted molar refractivity (Wildman–Crippen MR) is 89.1 cm³/mol. The van der Waals surface area contributed by atoms with Crippen molar-refractivity contribution in [1.29, 1.82) is 0 Å². The standard InChI is InChI=1S/C14H19ClN4O2.ClH/c1-16-10-13-17-18-14(21-13)19(2)7-4-8-20-12-6-3-5-11(15)9-12;/h3,5-6,9,16H,4,7-8,10H2,1-2H3;1H. The molecule has 2 aromatic rings. The van der Waals surface area contributed by atoms with E-state index in [9.17, 15) is 0 Å². The first kappa shape index (κ1) is 18.5. The van der Waals surface area contributed by atoms with Gasteiger partial charge in [-0.1, -0.05) is 22.8 Å². The number of ether oxygens (including phenoxy) is 1. The first-order valence-corrected chi connectivity index (χ1v) is 7.13.